The van der Waals surface area contributed by atoms with Crippen LogP contribution in [0.15, 0.2) is 47.5 Å². The Morgan fingerprint density at radius 1 is 1.15 bits per heavy atom. The number of nitrogens with one attached hydrogen (secondary N) is 1. The number of aromatic nitrogens is 1. The van der Waals surface area contributed by atoms with Crippen molar-refractivity contribution in [2.75, 3.05) is 4.72 Å². The number of fused-ring (bicyclic) bond motifs is 5. The molecular formula is C16H11FN2S. The summed E-state index contributed by atoms with van der Waals surface area (Å²) in [5.41, 5.74) is 4.48. The van der Waals surface area contributed by atoms with E-state index in [1.807, 2.05) is 30.3 Å². The van der Waals surface area contributed by atoms with Crippen molar-refractivity contribution in [1.82, 2.24) is 4.98 Å². The zero-order valence-corrected chi connectivity index (χ0v) is 11.6. The Morgan fingerprint density at radius 2 is 2.05 bits per heavy atom. The molecule has 3 aromatic rings. The van der Waals surface area contributed by atoms with Gasteiger partial charge in [-0.25, -0.2) is 4.39 Å². The van der Waals surface area contributed by atoms with Crippen molar-refractivity contribution in [3.05, 3.63) is 54.0 Å². The van der Waals surface area contributed by atoms with Crippen LogP contribution < -0.4 is 4.72 Å². The fraction of sp³-hybridized carbons (Fsp3) is 0.0625. The maximum atomic E-state index is 13.9. The molecule has 1 aliphatic heterocycles. The lowest BCUT2D eigenvalue weighted by Crippen LogP contribution is -2.02. The van der Waals surface area contributed by atoms with Crippen LogP contribution in [0.4, 0.5) is 10.1 Å². The topological polar surface area (TPSA) is 24.9 Å². The molecule has 2 nitrogen and oxygen atoms in total. The molecule has 98 valence electrons. The number of pyridine rings is 1. The van der Waals surface area contributed by atoms with Crippen LogP contribution in [0.1, 0.15) is 5.56 Å². The van der Waals surface area contributed by atoms with Crippen molar-refractivity contribution in [1.29, 1.82) is 0 Å². The number of benzene rings is 2. The van der Waals surface area contributed by atoms with Gasteiger partial charge in [-0.1, -0.05) is 18.2 Å². The Hall–Kier alpha value is -2.07. The standard InChI is InChI=1S/C16H11FN2S/c1-9-7-14-12(8-13(9)17)11-5-4-10-3-2-6-18-15(10)16(11)19-20-14/h2-8,19H,1H3. The highest BCUT2D eigenvalue weighted by atomic mass is 32.2. The molecular weight excluding hydrogens is 271 g/mol. The minimum absolute atomic E-state index is 0.168. The first-order valence-electron chi connectivity index (χ1n) is 6.35. The number of anilines is 1. The molecule has 2 heterocycles. The fourth-order valence-electron chi connectivity index (χ4n) is 2.53. The molecule has 0 aliphatic carbocycles. The van der Waals surface area contributed by atoms with Gasteiger partial charge >= 0.3 is 0 Å². The van der Waals surface area contributed by atoms with Crippen molar-refractivity contribution in [2.24, 2.45) is 0 Å². The van der Waals surface area contributed by atoms with Gasteiger partial charge < -0.3 is 4.72 Å². The van der Waals surface area contributed by atoms with Crippen molar-refractivity contribution in [2.45, 2.75) is 11.8 Å². The summed E-state index contributed by atoms with van der Waals surface area (Å²) >= 11 is 1.51. The zero-order valence-electron chi connectivity index (χ0n) is 10.8. The van der Waals surface area contributed by atoms with Gasteiger partial charge in [-0.3, -0.25) is 4.98 Å². The molecule has 0 saturated carbocycles. The highest BCUT2D eigenvalue weighted by Crippen LogP contribution is 2.45. The predicted molar refractivity (Wildman–Crippen MR) is 81.4 cm³/mol. The molecule has 1 N–H and O–H groups in total. The van der Waals surface area contributed by atoms with E-state index in [4.69, 9.17) is 0 Å². The highest BCUT2D eigenvalue weighted by molar-refractivity contribution is 8.00. The number of nitrogens with zero attached hydrogens (tertiary/aromatic N) is 1. The molecule has 4 heteroatoms. The maximum absolute atomic E-state index is 13.9. The van der Waals surface area contributed by atoms with Crippen LogP contribution in [0.25, 0.3) is 22.0 Å². The smallest absolute Gasteiger partial charge is 0.126 e. The van der Waals surface area contributed by atoms with E-state index in [2.05, 4.69) is 9.71 Å². The molecule has 20 heavy (non-hydrogen) atoms. The minimum atomic E-state index is -0.168. The van der Waals surface area contributed by atoms with Gasteiger partial charge in [0, 0.05) is 27.6 Å². The van der Waals surface area contributed by atoms with Crippen LogP contribution in [0.5, 0.6) is 0 Å². The van der Waals surface area contributed by atoms with Crippen LogP contribution in [-0.2, 0) is 0 Å². The number of hydrogen-bond acceptors (Lipinski definition) is 3. The van der Waals surface area contributed by atoms with Gasteiger partial charge in [-0.15, -0.1) is 0 Å². The molecule has 0 atom stereocenters. The first kappa shape index (κ1) is 11.7. The van der Waals surface area contributed by atoms with E-state index in [9.17, 15) is 4.39 Å². The SMILES string of the molecule is Cc1cc2c(cc1F)-c1ccc3cccnc3c1NS2. The maximum Gasteiger partial charge on any atom is 0.126 e. The largest absolute Gasteiger partial charge is 0.323 e. The summed E-state index contributed by atoms with van der Waals surface area (Å²) in [6.45, 7) is 1.79. The number of halogens is 1. The normalized spacial score (nSPS) is 12.7. The van der Waals surface area contributed by atoms with Crippen LogP contribution in [0.3, 0.4) is 0 Å². The van der Waals surface area contributed by atoms with E-state index in [0.29, 0.717) is 5.56 Å². The van der Waals surface area contributed by atoms with E-state index < -0.39 is 0 Å². The molecule has 0 bridgehead atoms. The van der Waals surface area contributed by atoms with E-state index in [1.54, 1.807) is 19.2 Å². The Kier molecular flexibility index (Phi) is 2.47. The van der Waals surface area contributed by atoms with Crippen LogP contribution >= 0.6 is 11.9 Å². The lowest BCUT2D eigenvalue weighted by molar-refractivity contribution is 0.617. The van der Waals surface area contributed by atoms with Crippen molar-refractivity contribution in [3.63, 3.8) is 0 Å². The minimum Gasteiger partial charge on any atom is -0.323 e. The average molecular weight is 282 g/mol. The van der Waals surface area contributed by atoms with E-state index in [-0.39, 0.29) is 5.82 Å². The molecule has 0 spiro atoms. The summed E-state index contributed by atoms with van der Waals surface area (Å²) in [5, 5.41) is 1.08. The van der Waals surface area contributed by atoms with Crippen LogP contribution in [0.2, 0.25) is 0 Å². The molecule has 0 radical (unpaired) electrons. The third kappa shape index (κ3) is 1.61. The number of hydrogen-bond donors (Lipinski definition) is 1. The monoisotopic (exact) mass is 282 g/mol. The lowest BCUT2D eigenvalue weighted by atomic mass is 9.99. The van der Waals surface area contributed by atoms with Crippen LogP contribution in [-0.4, -0.2) is 4.98 Å². The average Bonchev–Trinajstić information content (AvgIpc) is 2.48. The Labute approximate surface area is 120 Å². The molecule has 1 aromatic heterocycles. The quantitative estimate of drug-likeness (QED) is 0.600. The predicted octanol–water partition coefficient (Wildman–Crippen LogP) is 4.78. The van der Waals surface area contributed by atoms with Gasteiger partial charge in [-0.2, -0.15) is 0 Å². The molecule has 4 rings (SSSR count). The molecule has 0 fully saturated rings. The van der Waals surface area contributed by atoms with Crippen molar-refractivity contribution >= 4 is 28.5 Å². The Morgan fingerprint density at radius 3 is 2.95 bits per heavy atom. The second-order valence-electron chi connectivity index (χ2n) is 4.86. The fourth-order valence-corrected chi connectivity index (χ4v) is 3.46. The summed E-state index contributed by atoms with van der Waals surface area (Å²) in [4.78, 5) is 5.49. The second kappa shape index (κ2) is 4.21. The summed E-state index contributed by atoms with van der Waals surface area (Å²) in [5.74, 6) is -0.168. The molecule has 0 saturated heterocycles. The van der Waals surface area contributed by atoms with E-state index >= 15 is 0 Å². The van der Waals surface area contributed by atoms with Gasteiger partial charge in [0.15, 0.2) is 0 Å². The third-order valence-corrected chi connectivity index (χ3v) is 4.45. The summed E-state index contributed by atoms with van der Waals surface area (Å²) < 4.78 is 17.2. The lowest BCUT2D eigenvalue weighted by Gasteiger charge is -2.22. The molecule has 0 amide bonds. The second-order valence-corrected chi connectivity index (χ2v) is 5.71. The van der Waals surface area contributed by atoms with Gasteiger partial charge in [0.05, 0.1) is 11.2 Å². The first-order chi connectivity index (χ1) is 9.74. The summed E-state index contributed by atoms with van der Waals surface area (Å²) in [7, 11) is 0. The molecule has 1 aliphatic rings. The Bertz CT molecular complexity index is 845. The number of aryl methyl sites for hydroxylation is 1. The highest BCUT2D eigenvalue weighted by Gasteiger charge is 2.20. The van der Waals surface area contributed by atoms with Gasteiger partial charge in [-0.05, 0) is 42.6 Å². The number of rotatable bonds is 0. The van der Waals surface area contributed by atoms with Gasteiger partial charge in [0.1, 0.15) is 5.82 Å². The van der Waals surface area contributed by atoms with E-state index in [0.717, 1.165) is 32.6 Å². The van der Waals surface area contributed by atoms with Crippen LogP contribution in [0, 0.1) is 12.7 Å². The van der Waals surface area contributed by atoms with Crippen molar-refractivity contribution < 1.29 is 4.39 Å². The third-order valence-electron chi connectivity index (χ3n) is 3.59. The Balaban J connectivity index is 2.05. The van der Waals surface area contributed by atoms with Gasteiger partial charge in [0.2, 0.25) is 0 Å². The first-order valence-corrected chi connectivity index (χ1v) is 7.17. The van der Waals surface area contributed by atoms with Gasteiger partial charge in [0.25, 0.3) is 0 Å². The summed E-state index contributed by atoms with van der Waals surface area (Å²) in [6, 6.07) is 11.5. The molecule has 0 unspecified atom stereocenters. The van der Waals surface area contributed by atoms with Crippen molar-refractivity contribution in [3.8, 4) is 11.1 Å². The van der Waals surface area contributed by atoms with E-state index in [1.165, 1.54) is 11.9 Å². The summed E-state index contributed by atoms with van der Waals surface area (Å²) in [6.07, 6.45) is 1.78. The molecule has 2 aromatic carbocycles. The zero-order chi connectivity index (χ0) is 13.7.